The van der Waals surface area contributed by atoms with Gasteiger partial charge in [-0.2, -0.15) is 0 Å². The van der Waals surface area contributed by atoms with Crippen molar-refractivity contribution in [2.75, 3.05) is 0 Å². The first-order chi connectivity index (χ1) is 9.60. The third-order valence-electron chi connectivity index (χ3n) is 2.95. The topological polar surface area (TPSA) is 48.1 Å². The van der Waals surface area contributed by atoms with Gasteiger partial charge in [-0.1, -0.05) is 42.3 Å². The maximum atomic E-state index is 6.06. The molecule has 106 valence electrons. The lowest BCUT2D eigenvalue weighted by Crippen LogP contribution is -2.21. The van der Waals surface area contributed by atoms with E-state index in [4.69, 9.17) is 33.7 Å². The highest BCUT2D eigenvalue weighted by molar-refractivity contribution is 6.42. The number of hydrogen-bond acceptors (Lipinski definition) is 3. The van der Waals surface area contributed by atoms with Gasteiger partial charge in [-0.05, 0) is 30.5 Å². The van der Waals surface area contributed by atoms with Crippen LogP contribution in [0.4, 0.5) is 0 Å². The maximum absolute atomic E-state index is 6.06. The molecule has 0 saturated carbocycles. The Balaban J connectivity index is 2.09. The van der Waals surface area contributed by atoms with Crippen LogP contribution in [0.3, 0.4) is 0 Å². The van der Waals surface area contributed by atoms with E-state index < -0.39 is 0 Å². The summed E-state index contributed by atoms with van der Waals surface area (Å²) in [6.07, 6.45) is 3.52. The summed E-state index contributed by atoms with van der Waals surface area (Å²) < 4.78 is 5.62. The average molecular weight is 311 g/mol. The third kappa shape index (κ3) is 3.85. The lowest BCUT2D eigenvalue weighted by atomic mass is 10.1. The standard InChI is InChI=1S/C15H16Cl2N2O/c1-2-11(18)8-10-6-7-14(19-9-10)20-13-5-3-4-12(16)15(13)17/h3-7,9,11H,2,8,18H2,1H3. The fourth-order valence-electron chi connectivity index (χ4n) is 1.71. The van der Waals surface area contributed by atoms with Crippen LogP contribution in [-0.4, -0.2) is 11.0 Å². The van der Waals surface area contributed by atoms with Crippen molar-refractivity contribution >= 4 is 23.2 Å². The van der Waals surface area contributed by atoms with Gasteiger partial charge in [0.15, 0.2) is 0 Å². The van der Waals surface area contributed by atoms with Gasteiger partial charge in [-0.3, -0.25) is 0 Å². The van der Waals surface area contributed by atoms with E-state index in [1.165, 1.54) is 0 Å². The zero-order valence-corrected chi connectivity index (χ0v) is 12.7. The molecule has 0 radical (unpaired) electrons. The SMILES string of the molecule is CCC(N)Cc1ccc(Oc2cccc(Cl)c2Cl)nc1. The number of rotatable bonds is 5. The van der Waals surface area contributed by atoms with Crippen LogP contribution in [0, 0.1) is 0 Å². The second-order valence-electron chi connectivity index (χ2n) is 4.53. The molecule has 3 nitrogen and oxygen atoms in total. The molecule has 0 amide bonds. The molecule has 0 aliphatic rings. The predicted molar refractivity (Wildman–Crippen MR) is 82.7 cm³/mol. The van der Waals surface area contributed by atoms with Crippen LogP contribution in [0.5, 0.6) is 11.6 Å². The molecule has 1 aromatic heterocycles. The Morgan fingerprint density at radius 3 is 2.70 bits per heavy atom. The van der Waals surface area contributed by atoms with Crippen molar-refractivity contribution in [2.24, 2.45) is 5.73 Å². The fraction of sp³-hybridized carbons (Fsp3) is 0.267. The van der Waals surface area contributed by atoms with Gasteiger partial charge in [0, 0.05) is 18.3 Å². The summed E-state index contributed by atoms with van der Waals surface area (Å²) in [5.74, 6) is 0.965. The molecule has 2 aromatic rings. The Kier molecular flexibility index (Phi) is 5.24. The Hall–Kier alpha value is -1.29. The van der Waals surface area contributed by atoms with Crippen molar-refractivity contribution in [3.05, 3.63) is 52.1 Å². The lowest BCUT2D eigenvalue weighted by molar-refractivity contribution is 0.462. The van der Waals surface area contributed by atoms with Crippen molar-refractivity contribution in [3.63, 3.8) is 0 Å². The number of nitrogens with zero attached hydrogens (tertiary/aromatic N) is 1. The second kappa shape index (κ2) is 6.93. The minimum absolute atomic E-state index is 0.158. The number of ether oxygens (including phenoxy) is 1. The summed E-state index contributed by atoms with van der Waals surface area (Å²) in [7, 11) is 0. The van der Waals surface area contributed by atoms with E-state index in [0.717, 1.165) is 18.4 Å². The molecule has 2 N–H and O–H groups in total. The minimum atomic E-state index is 0.158. The van der Waals surface area contributed by atoms with Crippen molar-refractivity contribution < 1.29 is 4.74 Å². The van der Waals surface area contributed by atoms with Gasteiger partial charge in [-0.15, -0.1) is 0 Å². The van der Waals surface area contributed by atoms with Crippen molar-refractivity contribution in [1.29, 1.82) is 0 Å². The Bertz CT molecular complexity index is 573. The van der Waals surface area contributed by atoms with Crippen molar-refractivity contribution in [1.82, 2.24) is 4.98 Å². The van der Waals surface area contributed by atoms with Gasteiger partial charge in [0.2, 0.25) is 5.88 Å². The van der Waals surface area contributed by atoms with Crippen LogP contribution in [0.15, 0.2) is 36.5 Å². The van der Waals surface area contributed by atoms with Crippen LogP contribution < -0.4 is 10.5 Å². The number of benzene rings is 1. The molecule has 0 saturated heterocycles. The molecule has 1 unspecified atom stereocenters. The van der Waals surface area contributed by atoms with Crippen LogP contribution in [-0.2, 0) is 6.42 Å². The zero-order chi connectivity index (χ0) is 14.5. The number of hydrogen-bond donors (Lipinski definition) is 1. The summed E-state index contributed by atoms with van der Waals surface area (Å²) in [5.41, 5.74) is 7.00. The van der Waals surface area contributed by atoms with Crippen LogP contribution in [0.2, 0.25) is 10.0 Å². The Morgan fingerprint density at radius 2 is 2.05 bits per heavy atom. The van der Waals surface area contributed by atoms with Gasteiger partial charge in [0.25, 0.3) is 0 Å². The number of aromatic nitrogens is 1. The van der Waals surface area contributed by atoms with Gasteiger partial charge < -0.3 is 10.5 Å². The van der Waals surface area contributed by atoms with Gasteiger partial charge in [0.1, 0.15) is 10.8 Å². The minimum Gasteiger partial charge on any atom is -0.437 e. The predicted octanol–water partition coefficient (Wildman–Crippen LogP) is 4.46. The quantitative estimate of drug-likeness (QED) is 0.887. The second-order valence-corrected chi connectivity index (χ2v) is 5.32. The first-order valence-electron chi connectivity index (χ1n) is 6.42. The van der Waals surface area contributed by atoms with Crippen LogP contribution >= 0.6 is 23.2 Å². The molecule has 2 rings (SSSR count). The van der Waals surface area contributed by atoms with Gasteiger partial charge in [0.05, 0.1) is 5.02 Å². The highest BCUT2D eigenvalue weighted by Gasteiger charge is 2.08. The summed E-state index contributed by atoms with van der Waals surface area (Å²) >= 11 is 12.0. The van der Waals surface area contributed by atoms with E-state index in [-0.39, 0.29) is 6.04 Å². The Labute approximate surface area is 128 Å². The van der Waals surface area contributed by atoms with Gasteiger partial charge in [-0.25, -0.2) is 4.98 Å². The summed E-state index contributed by atoms with van der Waals surface area (Å²) in [6.45, 7) is 2.07. The fourth-order valence-corrected chi connectivity index (χ4v) is 2.05. The summed E-state index contributed by atoms with van der Waals surface area (Å²) in [5, 5.41) is 0.836. The monoisotopic (exact) mass is 310 g/mol. The third-order valence-corrected chi connectivity index (χ3v) is 3.75. The molecule has 0 aliphatic carbocycles. The van der Waals surface area contributed by atoms with Gasteiger partial charge >= 0.3 is 0 Å². The average Bonchev–Trinajstić information content (AvgIpc) is 2.46. The highest BCUT2D eigenvalue weighted by Crippen LogP contribution is 2.33. The van der Waals surface area contributed by atoms with E-state index >= 15 is 0 Å². The molecule has 1 aromatic carbocycles. The molecule has 0 bridgehead atoms. The summed E-state index contributed by atoms with van der Waals surface area (Å²) in [4.78, 5) is 4.25. The van der Waals surface area contributed by atoms with E-state index in [1.807, 2.05) is 6.07 Å². The summed E-state index contributed by atoms with van der Waals surface area (Å²) in [6, 6.07) is 9.14. The molecule has 5 heteroatoms. The van der Waals surface area contributed by atoms with E-state index in [1.54, 1.807) is 30.5 Å². The maximum Gasteiger partial charge on any atom is 0.219 e. The normalized spacial score (nSPS) is 12.2. The first-order valence-corrected chi connectivity index (χ1v) is 7.18. The van der Waals surface area contributed by atoms with Crippen molar-refractivity contribution in [3.8, 4) is 11.6 Å². The van der Waals surface area contributed by atoms with E-state index in [2.05, 4.69) is 11.9 Å². The zero-order valence-electron chi connectivity index (χ0n) is 11.1. The number of pyridine rings is 1. The first kappa shape index (κ1) is 15.1. The van der Waals surface area contributed by atoms with E-state index in [9.17, 15) is 0 Å². The molecular weight excluding hydrogens is 295 g/mol. The smallest absolute Gasteiger partial charge is 0.219 e. The Morgan fingerprint density at radius 1 is 1.25 bits per heavy atom. The van der Waals surface area contributed by atoms with Crippen molar-refractivity contribution in [2.45, 2.75) is 25.8 Å². The molecule has 1 heterocycles. The number of halogens is 2. The molecule has 1 atom stereocenters. The highest BCUT2D eigenvalue weighted by atomic mass is 35.5. The number of nitrogens with two attached hydrogens (primary N) is 1. The molecule has 0 aliphatic heterocycles. The largest absolute Gasteiger partial charge is 0.437 e. The van der Waals surface area contributed by atoms with Crippen LogP contribution in [0.1, 0.15) is 18.9 Å². The molecule has 0 fully saturated rings. The van der Waals surface area contributed by atoms with Crippen LogP contribution in [0.25, 0.3) is 0 Å². The van der Waals surface area contributed by atoms with E-state index in [0.29, 0.717) is 21.7 Å². The molecular formula is C15H16Cl2N2O. The molecule has 0 spiro atoms. The molecule has 20 heavy (non-hydrogen) atoms. The lowest BCUT2D eigenvalue weighted by Gasteiger charge is -2.10.